The Labute approximate surface area is 288 Å². The second-order valence-corrected chi connectivity index (χ2v) is 14.9. The van der Waals surface area contributed by atoms with E-state index in [1.807, 2.05) is 54.0 Å². The van der Waals surface area contributed by atoms with Crippen molar-refractivity contribution >= 4 is 34.0 Å². The molecule has 47 heavy (non-hydrogen) atoms. The van der Waals surface area contributed by atoms with Crippen molar-refractivity contribution in [2.24, 2.45) is 16.1 Å². The van der Waals surface area contributed by atoms with Gasteiger partial charge in [0.25, 0.3) is 0 Å². The number of hydrogen-bond acceptors (Lipinski definition) is 7. The van der Waals surface area contributed by atoms with E-state index in [1.165, 1.54) is 37.6 Å². The Morgan fingerprint density at radius 2 is 1.45 bits per heavy atom. The average molecular weight is 669 g/mol. The highest BCUT2D eigenvalue weighted by molar-refractivity contribution is 7.21. The Hall–Kier alpha value is -3.10. The Bertz CT molecular complexity index is 1630. The monoisotopic (exact) mass is 668 g/mol. The van der Waals surface area contributed by atoms with Crippen molar-refractivity contribution in [3.63, 3.8) is 0 Å². The molecule has 4 atom stereocenters. The summed E-state index contributed by atoms with van der Waals surface area (Å²) < 4.78 is 19.0. The summed E-state index contributed by atoms with van der Waals surface area (Å²) >= 11 is 3.67. The van der Waals surface area contributed by atoms with Crippen LogP contribution < -0.4 is 4.74 Å². The van der Waals surface area contributed by atoms with Gasteiger partial charge in [-0.1, -0.05) is 19.1 Å². The third-order valence-corrected chi connectivity index (χ3v) is 11.6. The van der Waals surface area contributed by atoms with Crippen molar-refractivity contribution in [3.05, 3.63) is 88.1 Å². The van der Waals surface area contributed by atoms with E-state index in [4.69, 9.17) is 14.2 Å². The number of fused-ring (bicyclic) bond motifs is 2. The second-order valence-electron chi connectivity index (χ2n) is 13.0. The van der Waals surface area contributed by atoms with Crippen molar-refractivity contribution in [1.82, 2.24) is 0 Å². The van der Waals surface area contributed by atoms with Crippen LogP contribution in [0.4, 0.5) is 11.4 Å². The number of azo groups is 1. The molecule has 0 spiro atoms. The number of methoxy groups -OCH3 is 1. The fourth-order valence-corrected chi connectivity index (χ4v) is 9.32. The van der Waals surface area contributed by atoms with Crippen molar-refractivity contribution < 1.29 is 14.2 Å². The molecule has 1 saturated carbocycles. The molecular formula is C40H48N2O3S2. The maximum atomic E-state index is 6.74. The quantitative estimate of drug-likeness (QED) is 0.190. The van der Waals surface area contributed by atoms with Crippen LogP contribution in [0.1, 0.15) is 80.9 Å². The van der Waals surface area contributed by atoms with Gasteiger partial charge in [-0.2, -0.15) is 10.2 Å². The van der Waals surface area contributed by atoms with E-state index >= 15 is 0 Å². The molecule has 1 aliphatic carbocycles. The van der Waals surface area contributed by atoms with Gasteiger partial charge in [0, 0.05) is 30.1 Å². The number of aryl methyl sites for hydroxylation is 2. The summed E-state index contributed by atoms with van der Waals surface area (Å²) in [5.41, 5.74) is 8.00. The molecule has 5 nitrogen and oxygen atoms in total. The first-order valence-corrected chi connectivity index (χ1v) is 19.0. The number of ether oxygens (including phenoxy) is 3. The molecule has 4 aromatic rings. The number of thiophene rings is 2. The minimum Gasteiger partial charge on any atom is -0.494 e. The van der Waals surface area contributed by atoms with Gasteiger partial charge >= 0.3 is 0 Å². The van der Waals surface area contributed by atoms with Gasteiger partial charge < -0.3 is 14.2 Å². The molecule has 1 fully saturated rings. The van der Waals surface area contributed by atoms with Gasteiger partial charge in [0.15, 0.2) is 0 Å². The fraction of sp³-hybridized carbons (Fsp3) is 0.450. The Morgan fingerprint density at radius 1 is 0.766 bits per heavy atom. The molecule has 7 heteroatoms. The molecular weight excluding hydrogens is 621 g/mol. The second kappa shape index (κ2) is 16.3. The highest BCUT2D eigenvalue weighted by Crippen LogP contribution is 2.49. The molecule has 4 aliphatic rings. The minimum absolute atomic E-state index is 0.128. The van der Waals surface area contributed by atoms with E-state index in [0.29, 0.717) is 5.92 Å². The lowest BCUT2D eigenvalue weighted by atomic mass is 9.74. The Balaban J connectivity index is 1.33. The highest BCUT2D eigenvalue weighted by atomic mass is 32.1. The third kappa shape index (κ3) is 8.14. The number of nitrogens with zero attached hydrogens (tertiary/aromatic N) is 2. The largest absolute Gasteiger partial charge is 0.494 e. The van der Waals surface area contributed by atoms with E-state index in [1.54, 1.807) is 0 Å². The molecule has 2 aromatic heterocycles. The molecule has 0 saturated heterocycles. The van der Waals surface area contributed by atoms with Crippen molar-refractivity contribution in [1.29, 1.82) is 0 Å². The van der Waals surface area contributed by atoms with Gasteiger partial charge in [-0.15, -0.1) is 22.7 Å². The molecule has 4 unspecified atom stereocenters. The molecule has 0 amide bonds. The molecule has 8 rings (SSSR count). The summed E-state index contributed by atoms with van der Waals surface area (Å²) in [5, 5.41) is 13.6. The fourth-order valence-electron chi connectivity index (χ4n) is 7.26. The average Bonchev–Trinajstić information content (AvgIpc) is 3.74. The van der Waals surface area contributed by atoms with Gasteiger partial charge in [-0.25, -0.2) is 0 Å². The van der Waals surface area contributed by atoms with Gasteiger partial charge in [0.05, 0.1) is 35.1 Å². The lowest BCUT2D eigenvalue weighted by Crippen LogP contribution is -2.42. The van der Waals surface area contributed by atoms with Crippen LogP contribution in [0, 0.1) is 19.8 Å². The van der Waals surface area contributed by atoms with Gasteiger partial charge in [-0.05, 0) is 153 Å². The lowest BCUT2D eigenvalue weighted by Gasteiger charge is -2.41. The normalized spacial score (nSPS) is 23.6. The first kappa shape index (κ1) is 33.8. The van der Waals surface area contributed by atoms with Crippen LogP contribution in [-0.4, -0.2) is 32.5 Å². The van der Waals surface area contributed by atoms with Crippen LogP contribution in [0.15, 0.2) is 81.7 Å². The third-order valence-electron chi connectivity index (χ3n) is 9.62. The van der Waals surface area contributed by atoms with Gasteiger partial charge in [0.2, 0.25) is 0 Å². The lowest BCUT2D eigenvalue weighted by molar-refractivity contribution is -0.0718. The predicted octanol–water partition coefficient (Wildman–Crippen LogP) is 12.4. The van der Waals surface area contributed by atoms with Crippen molar-refractivity contribution in [2.75, 3.05) is 20.3 Å². The van der Waals surface area contributed by atoms with Crippen LogP contribution in [0.2, 0.25) is 0 Å². The van der Waals surface area contributed by atoms with E-state index < -0.39 is 0 Å². The first-order valence-electron chi connectivity index (χ1n) is 17.2. The number of allylic oxidation sites excluding steroid dienone is 2. The Morgan fingerprint density at radius 3 is 2.19 bits per heavy atom. The molecule has 248 valence electrons. The Kier molecular flexibility index (Phi) is 11.7. The summed E-state index contributed by atoms with van der Waals surface area (Å²) in [5.74, 6) is 1.56. The van der Waals surface area contributed by atoms with Crippen molar-refractivity contribution in [2.45, 2.75) is 90.3 Å². The summed E-state index contributed by atoms with van der Waals surface area (Å²) in [6.45, 7) is 8.23. The number of hydrogen-bond donors (Lipinski definition) is 0. The first-order chi connectivity index (χ1) is 23.0. The zero-order valence-corrected chi connectivity index (χ0v) is 29.9. The van der Waals surface area contributed by atoms with Crippen LogP contribution in [0.25, 0.3) is 20.9 Å². The molecule has 0 radical (unpaired) electrons. The van der Waals surface area contributed by atoms with Crippen molar-refractivity contribution in [3.8, 4) is 26.6 Å². The maximum absolute atomic E-state index is 6.74. The highest BCUT2D eigenvalue weighted by Gasteiger charge is 2.41. The predicted molar refractivity (Wildman–Crippen MR) is 197 cm³/mol. The summed E-state index contributed by atoms with van der Waals surface area (Å²) in [7, 11) is 1.88. The maximum Gasteiger partial charge on any atom is 0.119 e. The minimum atomic E-state index is 0.128. The smallest absolute Gasteiger partial charge is 0.119 e. The molecule has 0 N–H and O–H groups in total. The van der Waals surface area contributed by atoms with E-state index in [-0.39, 0.29) is 18.1 Å². The van der Waals surface area contributed by atoms with Crippen LogP contribution >= 0.6 is 22.7 Å². The number of rotatable bonds is 1. The van der Waals surface area contributed by atoms with E-state index in [9.17, 15) is 0 Å². The zero-order chi connectivity index (χ0) is 32.6. The molecule has 2 aromatic carbocycles. The van der Waals surface area contributed by atoms with E-state index in [0.717, 1.165) is 81.7 Å². The standard InChI is InChI=1S/C40H48N2O3S2/c1-27-13-18-35-37(38(27)43-4)34-20-24-47-40(34)39-33(19-23-46-39)36-28(2)25-31(26-29(36)3)42-41-30-14-16-32(17-15-30)44-21-11-9-7-5-6-8-10-12-22-45-35/h5-6,14-17,19-20,23-27,35,37-38H,7-13,18,21-22H2,1-4H3/b6-5-,42-41?. The van der Waals surface area contributed by atoms with Gasteiger partial charge in [0.1, 0.15) is 5.75 Å². The summed E-state index contributed by atoms with van der Waals surface area (Å²) in [6.07, 6.45) is 13.7. The number of benzene rings is 2. The summed E-state index contributed by atoms with van der Waals surface area (Å²) in [4.78, 5) is 2.67. The SMILES string of the molecule is COC1C(C)CCC2OCCCC/C=C\CCCCOc3ccc(cc3)N=Nc3cc(C)c(c(C)c3)-c3ccsc3-c3sccc3C21. The van der Waals surface area contributed by atoms with E-state index in [2.05, 4.69) is 78.2 Å². The van der Waals surface area contributed by atoms with Gasteiger partial charge in [-0.3, -0.25) is 0 Å². The topological polar surface area (TPSA) is 52.4 Å². The van der Waals surface area contributed by atoms with Crippen LogP contribution in [0.5, 0.6) is 5.75 Å². The summed E-state index contributed by atoms with van der Waals surface area (Å²) in [6, 6.07) is 16.8. The molecule has 5 heterocycles. The van der Waals surface area contributed by atoms with Crippen LogP contribution in [-0.2, 0) is 9.47 Å². The van der Waals surface area contributed by atoms with Crippen LogP contribution in [0.3, 0.4) is 0 Å². The zero-order valence-electron chi connectivity index (χ0n) is 28.2. The molecule has 4 bridgehead atoms. The molecule has 3 aliphatic heterocycles.